The van der Waals surface area contributed by atoms with Crippen LogP contribution in [0.2, 0.25) is 0 Å². The molecule has 23 heavy (non-hydrogen) atoms. The zero-order chi connectivity index (χ0) is 16.0. The number of hydrogen-bond acceptors (Lipinski definition) is 3. The molecule has 1 N–H and O–H groups in total. The van der Waals surface area contributed by atoms with Crippen LogP contribution < -0.4 is 5.32 Å². The number of carbonyl (C=O) groups excluding carboxylic acids is 2. The molecule has 0 atom stereocenters. The van der Waals surface area contributed by atoms with Crippen molar-refractivity contribution in [2.45, 2.75) is 25.3 Å². The second kappa shape index (κ2) is 5.20. The van der Waals surface area contributed by atoms with Crippen LogP contribution in [0.15, 0.2) is 36.4 Å². The molecule has 4 nitrogen and oxygen atoms in total. The largest absolute Gasteiger partial charge is 0.347 e. The molecule has 1 spiro atoms. The summed E-state index contributed by atoms with van der Waals surface area (Å²) in [5.41, 5.74) is 2.01. The second-order valence-corrected chi connectivity index (χ2v) is 7.53. The highest BCUT2D eigenvalue weighted by atomic mass is 32.1. The van der Waals surface area contributed by atoms with Crippen molar-refractivity contribution in [1.82, 2.24) is 10.2 Å². The van der Waals surface area contributed by atoms with E-state index in [9.17, 15) is 9.59 Å². The average molecular weight is 326 g/mol. The lowest BCUT2D eigenvalue weighted by Crippen LogP contribution is -2.68. The molecule has 5 heteroatoms. The summed E-state index contributed by atoms with van der Waals surface area (Å²) in [4.78, 5) is 27.9. The van der Waals surface area contributed by atoms with Gasteiger partial charge in [0.25, 0.3) is 5.91 Å². The van der Waals surface area contributed by atoms with E-state index in [1.165, 1.54) is 0 Å². The van der Waals surface area contributed by atoms with Crippen LogP contribution in [0.25, 0.3) is 10.4 Å². The van der Waals surface area contributed by atoms with Gasteiger partial charge in [0.2, 0.25) is 5.91 Å². The number of benzene rings is 1. The van der Waals surface area contributed by atoms with Crippen molar-refractivity contribution in [3.63, 3.8) is 0 Å². The number of nitrogens with zero attached hydrogens (tertiary/aromatic N) is 1. The normalized spacial score (nSPS) is 18.8. The van der Waals surface area contributed by atoms with Crippen LogP contribution in [0.1, 0.15) is 28.1 Å². The minimum atomic E-state index is -0.153. The Morgan fingerprint density at radius 3 is 2.65 bits per heavy atom. The fraction of sp³-hybridized carbons (Fsp3) is 0.333. The van der Waals surface area contributed by atoms with E-state index in [1.54, 1.807) is 11.3 Å². The van der Waals surface area contributed by atoms with E-state index in [0.29, 0.717) is 19.5 Å². The van der Waals surface area contributed by atoms with Crippen LogP contribution in [0, 0.1) is 6.92 Å². The van der Waals surface area contributed by atoms with Crippen molar-refractivity contribution >= 4 is 23.2 Å². The van der Waals surface area contributed by atoms with E-state index < -0.39 is 0 Å². The van der Waals surface area contributed by atoms with Gasteiger partial charge in [-0.1, -0.05) is 30.3 Å². The third-order valence-corrected chi connectivity index (χ3v) is 5.95. The SMILES string of the molecule is Cc1cc(-c2ccccc2)sc1C(=O)N1CC2(CCC(=O)N2)C1. The molecular weight excluding hydrogens is 308 g/mol. The van der Waals surface area contributed by atoms with Crippen molar-refractivity contribution < 1.29 is 9.59 Å². The molecule has 0 bridgehead atoms. The number of carbonyl (C=O) groups is 2. The van der Waals surface area contributed by atoms with Gasteiger partial charge in [0, 0.05) is 24.4 Å². The Balaban J connectivity index is 1.52. The number of amides is 2. The van der Waals surface area contributed by atoms with Crippen molar-refractivity contribution in [1.29, 1.82) is 0 Å². The Bertz CT molecular complexity index is 776. The quantitative estimate of drug-likeness (QED) is 0.922. The van der Waals surface area contributed by atoms with Gasteiger partial charge in [0.15, 0.2) is 0 Å². The summed E-state index contributed by atoms with van der Waals surface area (Å²) < 4.78 is 0. The summed E-state index contributed by atoms with van der Waals surface area (Å²) in [6.45, 7) is 3.26. The Labute approximate surface area is 139 Å². The average Bonchev–Trinajstić information content (AvgIpc) is 3.09. The molecule has 1 aromatic carbocycles. The highest BCUT2D eigenvalue weighted by Gasteiger charge is 2.49. The van der Waals surface area contributed by atoms with Gasteiger partial charge in [0.1, 0.15) is 0 Å². The first-order valence-corrected chi connectivity index (χ1v) is 8.64. The standard InChI is InChI=1S/C18H18N2O2S/c1-12-9-14(13-5-3-2-4-6-13)23-16(12)17(22)20-10-18(11-20)8-7-15(21)19-18/h2-6,9H,7-8,10-11H2,1H3,(H,19,21). The molecule has 2 aliphatic rings. The molecule has 0 unspecified atom stereocenters. The molecule has 118 valence electrons. The first-order valence-electron chi connectivity index (χ1n) is 7.82. The van der Waals surface area contributed by atoms with E-state index >= 15 is 0 Å². The van der Waals surface area contributed by atoms with Gasteiger partial charge < -0.3 is 10.2 Å². The third kappa shape index (κ3) is 2.45. The second-order valence-electron chi connectivity index (χ2n) is 6.48. The summed E-state index contributed by atoms with van der Waals surface area (Å²) in [6.07, 6.45) is 1.42. The van der Waals surface area contributed by atoms with E-state index in [0.717, 1.165) is 27.3 Å². The topological polar surface area (TPSA) is 49.4 Å². The predicted molar refractivity (Wildman–Crippen MR) is 90.5 cm³/mol. The Hall–Kier alpha value is -2.14. The van der Waals surface area contributed by atoms with Crippen LogP contribution >= 0.6 is 11.3 Å². The number of nitrogens with one attached hydrogen (secondary N) is 1. The fourth-order valence-electron chi connectivity index (χ4n) is 3.42. The molecule has 1 aromatic heterocycles. The van der Waals surface area contributed by atoms with Crippen LogP contribution in [0.4, 0.5) is 0 Å². The van der Waals surface area contributed by atoms with Gasteiger partial charge in [0.05, 0.1) is 10.4 Å². The van der Waals surface area contributed by atoms with E-state index in [4.69, 9.17) is 0 Å². The minimum Gasteiger partial charge on any atom is -0.347 e. The van der Waals surface area contributed by atoms with E-state index in [-0.39, 0.29) is 17.4 Å². The molecule has 3 heterocycles. The van der Waals surface area contributed by atoms with Gasteiger partial charge >= 0.3 is 0 Å². The monoisotopic (exact) mass is 326 g/mol. The van der Waals surface area contributed by atoms with Crippen LogP contribution in [-0.2, 0) is 4.79 Å². The van der Waals surface area contributed by atoms with Gasteiger partial charge in [-0.2, -0.15) is 0 Å². The van der Waals surface area contributed by atoms with Crippen molar-refractivity contribution in [2.75, 3.05) is 13.1 Å². The summed E-state index contributed by atoms with van der Waals surface area (Å²) in [5.74, 6) is 0.192. The summed E-state index contributed by atoms with van der Waals surface area (Å²) in [6, 6.07) is 12.2. The molecule has 2 saturated heterocycles. The number of hydrogen-bond donors (Lipinski definition) is 1. The molecular formula is C18H18N2O2S. The zero-order valence-corrected chi connectivity index (χ0v) is 13.8. The zero-order valence-electron chi connectivity index (χ0n) is 13.0. The maximum absolute atomic E-state index is 12.7. The highest BCUT2D eigenvalue weighted by Crippen LogP contribution is 2.36. The van der Waals surface area contributed by atoms with E-state index in [2.05, 4.69) is 23.5 Å². The highest BCUT2D eigenvalue weighted by molar-refractivity contribution is 7.17. The maximum atomic E-state index is 12.7. The Morgan fingerprint density at radius 1 is 1.26 bits per heavy atom. The van der Waals surface area contributed by atoms with Crippen LogP contribution in [0.5, 0.6) is 0 Å². The van der Waals surface area contributed by atoms with Gasteiger partial charge in [-0.25, -0.2) is 0 Å². The number of thiophene rings is 1. The summed E-state index contributed by atoms with van der Waals surface area (Å²) in [7, 11) is 0. The van der Waals surface area contributed by atoms with Crippen molar-refractivity contribution in [2.24, 2.45) is 0 Å². The lowest BCUT2D eigenvalue weighted by molar-refractivity contribution is -0.120. The molecule has 2 fully saturated rings. The van der Waals surface area contributed by atoms with Gasteiger partial charge in [-0.05, 0) is 30.5 Å². The first kappa shape index (κ1) is 14.5. The molecule has 0 radical (unpaired) electrons. The lowest BCUT2D eigenvalue weighted by atomic mass is 9.88. The molecule has 2 aliphatic heterocycles. The molecule has 0 saturated carbocycles. The smallest absolute Gasteiger partial charge is 0.264 e. The Kier molecular flexibility index (Phi) is 3.27. The maximum Gasteiger partial charge on any atom is 0.264 e. The number of likely N-dealkylation sites (tertiary alicyclic amines) is 1. The summed E-state index contributed by atoms with van der Waals surface area (Å²) >= 11 is 1.55. The summed E-state index contributed by atoms with van der Waals surface area (Å²) in [5, 5.41) is 3.02. The van der Waals surface area contributed by atoms with Gasteiger partial charge in [-0.15, -0.1) is 11.3 Å². The van der Waals surface area contributed by atoms with Crippen LogP contribution in [0.3, 0.4) is 0 Å². The van der Waals surface area contributed by atoms with E-state index in [1.807, 2.05) is 30.0 Å². The number of aryl methyl sites for hydroxylation is 1. The van der Waals surface area contributed by atoms with Crippen molar-refractivity contribution in [3.8, 4) is 10.4 Å². The fourth-order valence-corrected chi connectivity index (χ4v) is 4.57. The Morgan fingerprint density at radius 2 is 2.00 bits per heavy atom. The van der Waals surface area contributed by atoms with Gasteiger partial charge in [-0.3, -0.25) is 9.59 Å². The molecule has 4 rings (SSSR count). The van der Waals surface area contributed by atoms with Crippen molar-refractivity contribution in [3.05, 3.63) is 46.8 Å². The molecule has 2 amide bonds. The van der Waals surface area contributed by atoms with Crippen LogP contribution in [-0.4, -0.2) is 35.3 Å². The minimum absolute atomic E-state index is 0.0847. The molecule has 0 aliphatic carbocycles. The number of rotatable bonds is 2. The lowest BCUT2D eigenvalue weighted by Gasteiger charge is -2.47. The first-order chi connectivity index (χ1) is 11.1. The molecule has 2 aromatic rings. The third-order valence-electron chi connectivity index (χ3n) is 4.68. The predicted octanol–water partition coefficient (Wildman–Crippen LogP) is 2.83.